The quantitative estimate of drug-likeness (QED) is 0.682. The van der Waals surface area contributed by atoms with Gasteiger partial charge < -0.3 is 4.74 Å². The normalized spacial score (nSPS) is 23.1. The van der Waals surface area contributed by atoms with E-state index in [1.807, 2.05) is 6.07 Å². The lowest BCUT2D eigenvalue weighted by atomic mass is 9.85. The second-order valence-electron chi connectivity index (χ2n) is 5.49. The van der Waals surface area contributed by atoms with Gasteiger partial charge in [0.2, 0.25) is 0 Å². The van der Waals surface area contributed by atoms with Crippen molar-refractivity contribution in [3.05, 3.63) is 82.9 Å². The highest BCUT2D eigenvalue weighted by Crippen LogP contribution is 2.45. The molecular formula is C18H15FO. The van der Waals surface area contributed by atoms with E-state index in [9.17, 15) is 4.39 Å². The van der Waals surface area contributed by atoms with Crippen LogP contribution in [0.3, 0.4) is 0 Å². The number of benzene rings is 2. The summed E-state index contributed by atoms with van der Waals surface area (Å²) >= 11 is 0. The van der Waals surface area contributed by atoms with Crippen LogP contribution in [0, 0.1) is 5.82 Å². The fourth-order valence-corrected chi connectivity index (χ4v) is 3.39. The highest BCUT2D eigenvalue weighted by atomic mass is 19.1. The molecule has 0 bridgehead atoms. The van der Waals surface area contributed by atoms with Gasteiger partial charge in [0, 0.05) is 5.92 Å². The van der Waals surface area contributed by atoms with Crippen molar-refractivity contribution in [2.45, 2.75) is 24.9 Å². The molecule has 2 aliphatic rings. The van der Waals surface area contributed by atoms with Crippen molar-refractivity contribution in [3.63, 3.8) is 0 Å². The monoisotopic (exact) mass is 266 g/mol. The Bertz CT molecular complexity index is 690. The molecule has 2 heteroatoms. The Kier molecular flexibility index (Phi) is 2.62. The molecule has 2 aromatic carbocycles. The molecule has 4 rings (SSSR count). The third kappa shape index (κ3) is 1.75. The Morgan fingerprint density at radius 3 is 2.80 bits per heavy atom. The number of fused-ring (bicyclic) bond motifs is 5. The van der Waals surface area contributed by atoms with Gasteiger partial charge >= 0.3 is 0 Å². The molecule has 0 aromatic heterocycles. The van der Waals surface area contributed by atoms with Crippen LogP contribution in [0.4, 0.5) is 4.39 Å². The van der Waals surface area contributed by atoms with E-state index < -0.39 is 0 Å². The summed E-state index contributed by atoms with van der Waals surface area (Å²) in [5, 5.41) is 0. The SMILES string of the molecule is Fc1ccc2c(c1)[C@@H]1OC=CC[C@@H]1c1ccccc1C2. The Labute approximate surface area is 117 Å². The molecule has 0 unspecified atom stereocenters. The molecule has 0 saturated carbocycles. The maximum Gasteiger partial charge on any atom is 0.130 e. The first kappa shape index (κ1) is 11.7. The van der Waals surface area contributed by atoms with E-state index in [0.717, 1.165) is 18.4 Å². The van der Waals surface area contributed by atoms with E-state index in [1.165, 1.54) is 16.7 Å². The zero-order chi connectivity index (χ0) is 13.5. The molecule has 1 nitrogen and oxygen atoms in total. The third-order valence-electron chi connectivity index (χ3n) is 4.33. The van der Waals surface area contributed by atoms with Gasteiger partial charge in [-0.1, -0.05) is 30.3 Å². The van der Waals surface area contributed by atoms with Gasteiger partial charge in [-0.15, -0.1) is 0 Å². The summed E-state index contributed by atoms with van der Waals surface area (Å²) in [5.41, 5.74) is 4.82. The molecule has 0 radical (unpaired) electrons. The summed E-state index contributed by atoms with van der Waals surface area (Å²) in [6.45, 7) is 0. The van der Waals surface area contributed by atoms with Crippen molar-refractivity contribution in [2.75, 3.05) is 0 Å². The van der Waals surface area contributed by atoms with Crippen LogP contribution < -0.4 is 0 Å². The molecule has 0 amide bonds. The van der Waals surface area contributed by atoms with Crippen molar-refractivity contribution < 1.29 is 9.13 Å². The first-order valence-corrected chi connectivity index (χ1v) is 6.99. The van der Waals surface area contributed by atoms with E-state index in [4.69, 9.17) is 4.74 Å². The van der Waals surface area contributed by atoms with Gasteiger partial charge in [-0.25, -0.2) is 4.39 Å². The zero-order valence-corrected chi connectivity index (χ0v) is 11.1. The Balaban J connectivity index is 1.95. The number of halogens is 1. The molecule has 2 aromatic rings. The van der Waals surface area contributed by atoms with Gasteiger partial charge in [-0.2, -0.15) is 0 Å². The molecule has 0 N–H and O–H groups in total. The van der Waals surface area contributed by atoms with E-state index in [-0.39, 0.29) is 17.8 Å². The predicted octanol–water partition coefficient (Wildman–Crippen LogP) is 4.49. The van der Waals surface area contributed by atoms with E-state index >= 15 is 0 Å². The lowest BCUT2D eigenvalue weighted by Crippen LogP contribution is -2.15. The van der Waals surface area contributed by atoms with Gasteiger partial charge in [-0.05, 0) is 53.3 Å². The van der Waals surface area contributed by atoms with Crippen LogP contribution in [-0.2, 0) is 11.2 Å². The zero-order valence-electron chi connectivity index (χ0n) is 11.1. The summed E-state index contributed by atoms with van der Waals surface area (Å²) in [6, 6.07) is 13.6. The van der Waals surface area contributed by atoms with Crippen molar-refractivity contribution in [2.24, 2.45) is 0 Å². The molecule has 100 valence electrons. The highest BCUT2D eigenvalue weighted by molar-refractivity contribution is 5.45. The highest BCUT2D eigenvalue weighted by Gasteiger charge is 2.33. The molecule has 0 spiro atoms. The van der Waals surface area contributed by atoms with Crippen LogP contribution in [0.25, 0.3) is 0 Å². The average molecular weight is 266 g/mol. The second-order valence-corrected chi connectivity index (χ2v) is 5.49. The van der Waals surface area contributed by atoms with Crippen molar-refractivity contribution in [1.29, 1.82) is 0 Å². The molecule has 1 aliphatic heterocycles. The Morgan fingerprint density at radius 2 is 1.85 bits per heavy atom. The summed E-state index contributed by atoms with van der Waals surface area (Å²) in [7, 11) is 0. The summed E-state index contributed by atoms with van der Waals surface area (Å²) in [4.78, 5) is 0. The second kappa shape index (κ2) is 4.48. The lowest BCUT2D eigenvalue weighted by Gasteiger charge is -2.29. The summed E-state index contributed by atoms with van der Waals surface area (Å²) in [6.07, 6.45) is 5.53. The minimum Gasteiger partial charge on any atom is -0.493 e. The van der Waals surface area contributed by atoms with Crippen molar-refractivity contribution in [3.8, 4) is 0 Å². The maximum absolute atomic E-state index is 13.6. The van der Waals surface area contributed by atoms with Gasteiger partial charge in [0.15, 0.2) is 0 Å². The molecule has 1 aliphatic carbocycles. The summed E-state index contributed by atoms with van der Waals surface area (Å²) < 4.78 is 19.5. The fourth-order valence-electron chi connectivity index (χ4n) is 3.39. The van der Waals surface area contributed by atoms with Crippen LogP contribution in [0.2, 0.25) is 0 Å². The number of allylic oxidation sites excluding steroid dienone is 1. The first-order chi connectivity index (χ1) is 9.83. The minimum atomic E-state index is -0.188. The first-order valence-electron chi connectivity index (χ1n) is 6.99. The van der Waals surface area contributed by atoms with Gasteiger partial charge in [0.1, 0.15) is 11.9 Å². The minimum absolute atomic E-state index is 0.0747. The van der Waals surface area contributed by atoms with Crippen LogP contribution in [0.1, 0.15) is 40.7 Å². The Hall–Kier alpha value is -2.09. The average Bonchev–Trinajstić information content (AvgIpc) is 2.62. The lowest BCUT2D eigenvalue weighted by molar-refractivity contribution is 0.104. The molecule has 0 saturated heterocycles. The molecule has 1 heterocycles. The number of hydrogen-bond acceptors (Lipinski definition) is 1. The van der Waals surface area contributed by atoms with E-state index in [0.29, 0.717) is 0 Å². The van der Waals surface area contributed by atoms with Gasteiger partial charge in [-0.3, -0.25) is 0 Å². The molecule has 2 atom stereocenters. The number of ether oxygens (including phenoxy) is 1. The van der Waals surface area contributed by atoms with Crippen LogP contribution in [0.5, 0.6) is 0 Å². The van der Waals surface area contributed by atoms with Crippen molar-refractivity contribution in [1.82, 2.24) is 0 Å². The standard InChI is InChI=1S/C18H15FO/c19-14-8-7-13-10-12-4-1-2-5-15(12)16-6-3-9-20-18(16)17(13)11-14/h1-5,7-9,11,16,18H,6,10H2/t16-,18-/m1/s1. The van der Waals surface area contributed by atoms with Crippen molar-refractivity contribution >= 4 is 0 Å². The molecule has 0 fully saturated rings. The smallest absolute Gasteiger partial charge is 0.130 e. The van der Waals surface area contributed by atoms with E-state index in [1.54, 1.807) is 18.4 Å². The maximum atomic E-state index is 13.6. The largest absolute Gasteiger partial charge is 0.493 e. The van der Waals surface area contributed by atoms with Crippen LogP contribution >= 0.6 is 0 Å². The Morgan fingerprint density at radius 1 is 1.00 bits per heavy atom. The number of rotatable bonds is 0. The van der Waals surface area contributed by atoms with E-state index in [2.05, 4.69) is 30.3 Å². The molecule has 20 heavy (non-hydrogen) atoms. The fraction of sp³-hybridized carbons (Fsp3) is 0.222. The number of hydrogen-bond donors (Lipinski definition) is 0. The van der Waals surface area contributed by atoms with Crippen LogP contribution in [-0.4, -0.2) is 0 Å². The molecular weight excluding hydrogens is 251 g/mol. The van der Waals surface area contributed by atoms with Gasteiger partial charge in [0.05, 0.1) is 6.26 Å². The predicted molar refractivity (Wildman–Crippen MR) is 76.0 cm³/mol. The van der Waals surface area contributed by atoms with Crippen LogP contribution in [0.15, 0.2) is 54.8 Å². The summed E-state index contributed by atoms with van der Waals surface area (Å²) in [5.74, 6) is 0.0888. The van der Waals surface area contributed by atoms with Gasteiger partial charge in [0.25, 0.3) is 0 Å². The topological polar surface area (TPSA) is 9.23 Å². The third-order valence-corrected chi connectivity index (χ3v) is 4.33.